The first-order valence-corrected chi connectivity index (χ1v) is 10.8. The molecule has 0 saturated carbocycles. The Morgan fingerprint density at radius 2 is 1.47 bits per heavy atom. The van der Waals surface area contributed by atoms with Crippen LogP contribution in [-0.2, 0) is 10.0 Å². The van der Waals surface area contributed by atoms with Gasteiger partial charge in [-0.25, -0.2) is 8.42 Å². The van der Waals surface area contributed by atoms with E-state index in [2.05, 4.69) is 10.0 Å². The van der Waals surface area contributed by atoms with E-state index in [1.165, 1.54) is 55.5 Å². The van der Waals surface area contributed by atoms with Gasteiger partial charge in [0.25, 0.3) is 15.9 Å². The number of hydrogen-bond donors (Lipinski definition) is 2. The second-order valence-electron chi connectivity index (χ2n) is 6.63. The van der Waals surface area contributed by atoms with E-state index in [9.17, 15) is 18.0 Å². The normalized spacial score (nSPS) is 11.0. The fourth-order valence-electron chi connectivity index (χ4n) is 2.71. The van der Waals surface area contributed by atoms with Crippen LogP contribution in [0.2, 0.25) is 5.02 Å². The van der Waals surface area contributed by atoms with Crippen LogP contribution in [-0.4, -0.2) is 20.1 Å². The number of ketones is 1. The Bertz CT molecular complexity index is 1200. The summed E-state index contributed by atoms with van der Waals surface area (Å²) in [4.78, 5) is 23.8. The number of hydrogen-bond acceptors (Lipinski definition) is 4. The molecule has 1 amide bonds. The molecule has 0 aliphatic carbocycles. The van der Waals surface area contributed by atoms with E-state index in [0.29, 0.717) is 27.5 Å². The smallest absolute Gasteiger partial charge is 0.261 e. The summed E-state index contributed by atoms with van der Waals surface area (Å²) in [5.41, 5.74) is 2.46. The summed E-state index contributed by atoms with van der Waals surface area (Å²) in [6, 6.07) is 16.9. The van der Waals surface area contributed by atoms with Crippen molar-refractivity contribution in [2.45, 2.75) is 18.7 Å². The second kappa shape index (κ2) is 8.69. The molecule has 0 bridgehead atoms. The molecule has 2 N–H and O–H groups in total. The summed E-state index contributed by atoms with van der Waals surface area (Å²) in [6.45, 7) is 3.21. The van der Waals surface area contributed by atoms with Gasteiger partial charge in [-0.2, -0.15) is 0 Å². The fraction of sp³-hybridized carbons (Fsp3) is 0.0909. The van der Waals surface area contributed by atoms with Crippen LogP contribution < -0.4 is 10.0 Å². The predicted octanol–water partition coefficient (Wildman–Crippen LogP) is 4.90. The minimum absolute atomic E-state index is 0.0331. The molecule has 3 aromatic rings. The number of nitrogens with one attached hydrogen (secondary N) is 2. The van der Waals surface area contributed by atoms with Gasteiger partial charge in [-0.05, 0) is 67.9 Å². The lowest BCUT2D eigenvalue weighted by atomic mass is 10.1. The number of Topliss-reactive ketones (excluding diaryl/α,β-unsaturated/α-hetero) is 1. The van der Waals surface area contributed by atoms with Crippen molar-refractivity contribution in [3.05, 3.63) is 88.4 Å². The van der Waals surface area contributed by atoms with Gasteiger partial charge in [-0.15, -0.1) is 0 Å². The molecule has 0 radical (unpaired) electrons. The first kappa shape index (κ1) is 21.5. The summed E-state index contributed by atoms with van der Waals surface area (Å²) in [6.07, 6.45) is 0. The number of carbonyl (C=O) groups is 2. The molecule has 0 aliphatic heterocycles. The number of anilines is 2. The molecule has 0 aromatic heterocycles. The van der Waals surface area contributed by atoms with Gasteiger partial charge in [0.2, 0.25) is 0 Å². The molecule has 3 aromatic carbocycles. The number of halogens is 1. The van der Waals surface area contributed by atoms with Gasteiger partial charge in [0, 0.05) is 27.5 Å². The molecular weight excluding hydrogens is 424 g/mol. The summed E-state index contributed by atoms with van der Waals surface area (Å²) < 4.78 is 27.5. The second-order valence-corrected chi connectivity index (χ2v) is 8.72. The van der Waals surface area contributed by atoms with Crippen molar-refractivity contribution in [2.24, 2.45) is 0 Å². The molecular formula is C22H19ClN2O4S. The first-order valence-electron chi connectivity index (χ1n) is 8.98. The fourth-order valence-corrected chi connectivity index (χ4v) is 3.94. The average Bonchev–Trinajstić information content (AvgIpc) is 2.71. The van der Waals surface area contributed by atoms with E-state index in [1.807, 2.05) is 0 Å². The quantitative estimate of drug-likeness (QED) is 0.531. The molecule has 0 spiro atoms. The van der Waals surface area contributed by atoms with Gasteiger partial charge in [-0.3, -0.25) is 14.3 Å². The molecule has 6 nitrogen and oxygen atoms in total. The lowest BCUT2D eigenvalue weighted by molar-refractivity contribution is 0.101. The lowest BCUT2D eigenvalue weighted by Crippen LogP contribution is -2.14. The zero-order chi connectivity index (χ0) is 21.9. The standard InChI is InChI=1S/C22H19ClN2O4S/c1-14-20(23)4-3-5-21(14)24-22(27)17-6-10-18(11-7-17)25-30(28,29)19-12-8-16(9-13-19)15(2)26/h3-13,25H,1-2H3,(H,24,27). The zero-order valence-electron chi connectivity index (χ0n) is 16.3. The maximum absolute atomic E-state index is 12.5. The third kappa shape index (κ3) is 4.87. The van der Waals surface area contributed by atoms with Crippen molar-refractivity contribution in [1.82, 2.24) is 0 Å². The number of amides is 1. The zero-order valence-corrected chi connectivity index (χ0v) is 17.8. The minimum atomic E-state index is -3.82. The molecule has 154 valence electrons. The van der Waals surface area contributed by atoms with Gasteiger partial charge < -0.3 is 5.32 Å². The summed E-state index contributed by atoms with van der Waals surface area (Å²) in [5.74, 6) is -0.483. The van der Waals surface area contributed by atoms with Crippen molar-refractivity contribution >= 4 is 44.7 Å². The van der Waals surface area contributed by atoms with Crippen LogP contribution in [0.1, 0.15) is 33.2 Å². The third-order valence-electron chi connectivity index (χ3n) is 4.49. The van der Waals surface area contributed by atoms with Crippen LogP contribution in [0.5, 0.6) is 0 Å². The van der Waals surface area contributed by atoms with Gasteiger partial charge in [0.05, 0.1) is 4.90 Å². The number of benzene rings is 3. The van der Waals surface area contributed by atoms with E-state index >= 15 is 0 Å². The van der Waals surface area contributed by atoms with Crippen LogP contribution in [0.15, 0.2) is 71.6 Å². The topological polar surface area (TPSA) is 92.3 Å². The third-order valence-corrected chi connectivity index (χ3v) is 6.29. The molecule has 0 heterocycles. The van der Waals surface area contributed by atoms with E-state index in [1.54, 1.807) is 25.1 Å². The Balaban J connectivity index is 1.72. The highest BCUT2D eigenvalue weighted by molar-refractivity contribution is 7.92. The van der Waals surface area contributed by atoms with Crippen LogP contribution in [0.25, 0.3) is 0 Å². The maximum Gasteiger partial charge on any atom is 0.261 e. The number of sulfonamides is 1. The molecule has 30 heavy (non-hydrogen) atoms. The molecule has 0 fully saturated rings. The number of rotatable bonds is 6. The van der Waals surface area contributed by atoms with Crippen LogP contribution in [0.3, 0.4) is 0 Å². The lowest BCUT2D eigenvalue weighted by Gasteiger charge is -2.11. The Kier molecular flexibility index (Phi) is 6.24. The molecule has 0 saturated heterocycles. The molecule has 0 atom stereocenters. The molecule has 0 aliphatic rings. The van der Waals surface area contributed by atoms with Crippen molar-refractivity contribution in [1.29, 1.82) is 0 Å². The Morgan fingerprint density at radius 1 is 0.867 bits per heavy atom. The van der Waals surface area contributed by atoms with Crippen molar-refractivity contribution in [2.75, 3.05) is 10.0 Å². The van der Waals surface area contributed by atoms with Crippen molar-refractivity contribution < 1.29 is 18.0 Å². The highest BCUT2D eigenvalue weighted by Crippen LogP contribution is 2.24. The average molecular weight is 443 g/mol. The molecule has 0 unspecified atom stereocenters. The largest absolute Gasteiger partial charge is 0.322 e. The van der Waals surface area contributed by atoms with Crippen LogP contribution in [0, 0.1) is 6.92 Å². The Labute approximate surface area is 179 Å². The summed E-state index contributed by atoms with van der Waals surface area (Å²) >= 11 is 6.07. The van der Waals surface area contributed by atoms with Crippen LogP contribution >= 0.6 is 11.6 Å². The SMILES string of the molecule is CC(=O)c1ccc(S(=O)(=O)Nc2ccc(C(=O)Nc3cccc(Cl)c3C)cc2)cc1. The first-order chi connectivity index (χ1) is 14.2. The predicted molar refractivity (Wildman–Crippen MR) is 118 cm³/mol. The van der Waals surface area contributed by atoms with E-state index in [0.717, 1.165) is 5.56 Å². The molecule has 8 heteroatoms. The van der Waals surface area contributed by atoms with Gasteiger partial charge >= 0.3 is 0 Å². The van der Waals surface area contributed by atoms with Gasteiger partial charge in [0.1, 0.15) is 0 Å². The van der Waals surface area contributed by atoms with Crippen LogP contribution in [0.4, 0.5) is 11.4 Å². The van der Waals surface area contributed by atoms with Crippen molar-refractivity contribution in [3.63, 3.8) is 0 Å². The van der Waals surface area contributed by atoms with Gasteiger partial charge in [0.15, 0.2) is 5.78 Å². The monoisotopic (exact) mass is 442 g/mol. The van der Waals surface area contributed by atoms with E-state index in [-0.39, 0.29) is 16.6 Å². The highest BCUT2D eigenvalue weighted by atomic mass is 35.5. The number of carbonyl (C=O) groups excluding carboxylic acids is 2. The Hall–Kier alpha value is -3.16. The minimum Gasteiger partial charge on any atom is -0.322 e. The van der Waals surface area contributed by atoms with E-state index in [4.69, 9.17) is 11.6 Å². The maximum atomic E-state index is 12.5. The van der Waals surface area contributed by atoms with Gasteiger partial charge in [-0.1, -0.05) is 29.8 Å². The van der Waals surface area contributed by atoms with Crippen molar-refractivity contribution in [3.8, 4) is 0 Å². The summed E-state index contributed by atoms with van der Waals surface area (Å²) in [5, 5.41) is 3.34. The highest BCUT2D eigenvalue weighted by Gasteiger charge is 2.15. The Morgan fingerprint density at radius 3 is 2.07 bits per heavy atom. The van der Waals surface area contributed by atoms with E-state index < -0.39 is 10.0 Å². The molecule has 3 rings (SSSR count). The summed E-state index contributed by atoms with van der Waals surface area (Å²) in [7, 11) is -3.82.